The fourth-order valence-corrected chi connectivity index (χ4v) is 0.972. The minimum absolute atomic E-state index is 0.104. The minimum Gasteiger partial charge on any atom is -0.394 e. The van der Waals surface area contributed by atoms with Crippen LogP contribution in [0.1, 0.15) is 26.7 Å². The summed E-state index contributed by atoms with van der Waals surface area (Å²) in [5, 5.41) is 9.08. The van der Waals surface area contributed by atoms with E-state index in [-0.39, 0.29) is 18.1 Å². The van der Waals surface area contributed by atoms with Crippen molar-refractivity contribution < 1.29 is 9.90 Å². The summed E-state index contributed by atoms with van der Waals surface area (Å²) in [6.45, 7) is 4.78. The molecule has 0 aliphatic rings. The van der Waals surface area contributed by atoms with Crippen molar-refractivity contribution in [3.05, 3.63) is 0 Å². The maximum Gasteiger partial charge on any atom is 0.233 e. The highest BCUT2D eigenvalue weighted by Gasteiger charge is 2.21. The number of nitrogens with two attached hydrogens (primary N) is 1. The number of aliphatic hydroxyl groups excluding tert-OH is 1. The zero-order valence-electron chi connectivity index (χ0n) is 9.21. The van der Waals surface area contributed by atoms with E-state index in [1.165, 1.54) is 0 Å². The highest BCUT2D eigenvalue weighted by atomic mass is 16.3. The van der Waals surface area contributed by atoms with Gasteiger partial charge in [0.1, 0.15) is 0 Å². The van der Waals surface area contributed by atoms with E-state index < -0.39 is 0 Å². The molecule has 5 heteroatoms. The number of likely N-dealkylation sites (N-methyl/N-ethyl adjacent to an activating group) is 1. The van der Waals surface area contributed by atoms with Gasteiger partial charge in [-0.3, -0.25) is 15.1 Å². The second kappa shape index (κ2) is 5.95. The van der Waals surface area contributed by atoms with Gasteiger partial charge < -0.3 is 5.11 Å². The summed E-state index contributed by atoms with van der Waals surface area (Å²) in [4.78, 5) is 12.8. The van der Waals surface area contributed by atoms with Crippen LogP contribution >= 0.6 is 0 Å². The molecule has 0 saturated carbocycles. The Labute approximate surface area is 85.2 Å². The minimum atomic E-state index is -0.237. The number of carbonyl (C=O) groups excluding carboxylic acids is 1. The lowest BCUT2D eigenvalue weighted by atomic mass is 10.0. The van der Waals surface area contributed by atoms with Crippen molar-refractivity contribution in [2.45, 2.75) is 32.2 Å². The molecule has 0 spiro atoms. The van der Waals surface area contributed by atoms with E-state index in [0.717, 1.165) is 13.0 Å². The summed E-state index contributed by atoms with van der Waals surface area (Å²) >= 11 is 0. The van der Waals surface area contributed by atoms with E-state index in [1.807, 2.05) is 25.8 Å². The van der Waals surface area contributed by atoms with Crippen molar-refractivity contribution in [3.63, 3.8) is 0 Å². The van der Waals surface area contributed by atoms with Crippen molar-refractivity contribution >= 4 is 5.91 Å². The lowest BCUT2D eigenvalue weighted by molar-refractivity contribution is -0.121. The molecule has 0 saturated heterocycles. The smallest absolute Gasteiger partial charge is 0.233 e. The molecule has 0 unspecified atom stereocenters. The first kappa shape index (κ1) is 13.4. The Morgan fingerprint density at radius 1 is 1.57 bits per heavy atom. The van der Waals surface area contributed by atoms with Crippen LogP contribution in [0.3, 0.4) is 0 Å². The molecule has 0 fully saturated rings. The zero-order chi connectivity index (χ0) is 11.2. The predicted octanol–water partition coefficient (Wildman–Crippen LogP) is -0.541. The summed E-state index contributed by atoms with van der Waals surface area (Å²) in [7, 11) is 1.93. The highest BCUT2D eigenvalue weighted by molar-refractivity contribution is 5.75. The number of amides is 1. The monoisotopic (exact) mass is 203 g/mol. The second-order valence-corrected chi connectivity index (χ2v) is 4.06. The van der Waals surface area contributed by atoms with Crippen molar-refractivity contribution in [1.29, 1.82) is 0 Å². The van der Waals surface area contributed by atoms with E-state index in [0.29, 0.717) is 6.42 Å². The molecule has 0 heterocycles. The number of rotatable bonds is 6. The van der Waals surface area contributed by atoms with Crippen LogP contribution in [0.25, 0.3) is 0 Å². The van der Waals surface area contributed by atoms with Gasteiger partial charge in [-0.25, -0.2) is 5.84 Å². The number of nitrogens with zero attached hydrogens (tertiary/aromatic N) is 1. The maximum atomic E-state index is 10.8. The molecule has 0 aliphatic heterocycles. The molecule has 0 bridgehead atoms. The normalized spacial score (nSPS) is 11.9. The Kier molecular flexibility index (Phi) is 5.68. The molecule has 0 aliphatic carbocycles. The van der Waals surface area contributed by atoms with Crippen LogP contribution in [0.2, 0.25) is 0 Å². The van der Waals surface area contributed by atoms with Gasteiger partial charge in [-0.05, 0) is 33.9 Å². The van der Waals surface area contributed by atoms with Crippen LogP contribution in [0.5, 0.6) is 0 Å². The summed E-state index contributed by atoms with van der Waals surface area (Å²) in [5.41, 5.74) is 1.85. The standard InChI is InChI=1S/C9H21N3O2/c1-9(2,7-13)12(3)6-4-5-8(14)11-10/h13H,4-7,10H2,1-3H3,(H,11,14). The lowest BCUT2D eigenvalue weighted by Gasteiger charge is -2.33. The molecule has 0 atom stereocenters. The van der Waals surface area contributed by atoms with Gasteiger partial charge in [0.2, 0.25) is 5.91 Å². The molecule has 0 rings (SSSR count). The third kappa shape index (κ3) is 4.55. The Morgan fingerprint density at radius 3 is 2.57 bits per heavy atom. The fraction of sp³-hybridized carbons (Fsp3) is 0.889. The molecule has 84 valence electrons. The van der Waals surface area contributed by atoms with Gasteiger partial charge in [-0.15, -0.1) is 0 Å². The van der Waals surface area contributed by atoms with Crippen molar-refractivity contribution in [2.24, 2.45) is 5.84 Å². The molecule has 0 aromatic heterocycles. The van der Waals surface area contributed by atoms with Gasteiger partial charge in [-0.1, -0.05) is 0 Å². The van der Waals surface area contributed by atoms with E-state index in [4.69, 9.17) is 10.9 Å². The zero-order valence-corrected chi connectivity index (χ0v) is 9.21. The molecule has 5 nitrogen and oxygen atoms in total. The number of nitrogens with one attached hydrogen (secondary N) is 1. The van der Waals surface area contributed by atoms with Gasteiger partial charge >= 0.3 is 0 Å². The quantitative estimate of drug-likeness (QED) is 0.308. The first-order chi connectivity index (χ1) is 6.44. The van der Waals surface area contributed by atoms with Gasteiger partial charge in [0.25, 0.3) is 0 Å². The van der Waals surface area contributed by atoms with Crippen LogP contribution < -0.4 is 11.3 Å². The van der Waals surface area contributed by atoms with E-state index in [9.17, 15) is 4.79 Å². The van der Waals surface area contributed by atoms with Crippen LogP contribution in [0, 0.1) is 0 Å². The molecule has 0 aromatic carbocycles. The number of hydrogen-bond donors (Lipinski definition) is 3. The SMILES string of the molecule is CN(CCCC(=O)NN)C(C)(C)CO. The van der Waals surface area contributed by atoms with Crippen molar-refractivity contribution in [3.8, 4) is 0 Å². The van der Waals surface area contributed by atoms with E-state index >= 15 is 0 Å². The third-order valence-electron chi connectivity index (χ3n) is 2.48. The molecule has 4 N–H and O–H groups in total. The van der Waals surface area contributed by atoms with Gasteiger partial charge in [0, 0.05) is 12.0 Å². The first-order valence-electron chi connectivity index (χ1n) is 4.75. The van der Waals surface area contributed by atoms with Crippen LogP contribution in [0.15, 0.2) is 0 Å². The molecule has 14 heavy (non-hydrogen) atoms. The fourth-order valence-electron chi connectivity index (χ4n) is 0.972. The highest BCUT2D eigenvalue weighted by Crippen LogP contribution is 2.11. The number of hydrogen-bond acceptors (Lipinski definition) is 4. The van der Waals surface area contributed by atoms with Crippen LogP contribution in [0.4, 0.5) is 0 Å². The molecular weight excluding hydrogens is 182 g/mol. The average molecular weight is 203 g/mol. The predicted molar refractivity (Wildman–Crippen MR) is 55.4 cm³/mol. The van der Waals surface area contributed by atoms with Crippen LogP contribution in [-0.2, 0) is 4.79 Å². The number of hydrazine groups is 1. The second-order valence-electron chi connectivity index (χ2n) is 4.06. The number of carbonyl (C=O) groups is 1. The molecular formula is C9H21N3O2. The Hall–Kier alpha value is -0.650. The van der Waals surface area contributed by atoms with E-state index in [2.05, 4.69) is 5.43 Å². The maximum absolute atomic E-state index is 10.8. The van der Waals surface area contributed by atoms with Crippen molar-refractivity contribution in [1.82, 2.24) is 10.3 Å². The summed E-state index contributed by atoms with van der Waals surface area (Å²) in [6, 6.07) is 0. The Bertz CT molecular complexity index is 183. The van der Waals surface area contributed by atoms with Gasteiger partial charge in [0.15, 0.2) is 0 Å². The van der Waals surface area contributed by atoms with Crippen molar-refractivity contribution in [2.75, 3.05) is 20.2 Å². The van der Waals surface area contributed by atoms with Crippen LogP contribution in [-0.4, -0.2) is 41.7 Å². The van der Waals surface area contributed by atoms with Gasteiger partial charge in [-0.2, -0.15) is 0 Å². The van der Waals surface area contributed by atoms with Gasteiger partial charge in [0.05, 0.1) is 6.61 Å². The van der Waals surface area contributed by atoms with E-state index in [1.54, 1.807) is 0 Å². The molecule has 0 radical (unpaired) electrons. The summed E-state index contributed by atoms with van der Waals surface area (Å²) in [6.07, 6.45) is 1.16. The number of aliphatic hydroxyl groups is 1. The summed E-state index contributed by atoms with van der Waals surface area (Å²) in [5.74, 6) is 4.80. The first-order valence-corrected chi connectivity index (χ1v) is 4.75. The average Bonchev–Trinajstić information content (AvgIpc) is 2.17. The summed E-state index contributed by atoms with van der Waals surface area (Å²) < 4.78 is 0. The Balaban J connectivity index is 3.74. The molecule has 0 aromatic rings. The topological polar surface area (TPSA) is 78.6 Å². The Morgan fingerprint density at radius 2 is 2.14 bits per heavy atom. The third-order valence-corrected chi connectivity index (χ3v) is 2.48. The largest absolute Gasteiger partial charge is 0.394 e. The lowest BCUT2D eigenvalue weighted by Crippen LogP contribution is -2.44. The molecule has 1 amide bonds.